The van der Waals surface area contributed by atoms with E-state index in [1.165, 1.54) is 45.7 Å². The fourth-order valence-electron chi connectivity index (χ4n) is 1.70. The second-order valence-corrected chi connectivity index (χ2v) is 6.54. The molecule has 0 saturated heterocycles. The number of aromatic nitrogens is 2. The Morgan fingerprint density at radius 2 is 1.91 bits per heavy atom. The van der Waals surface area contributed by atoms with Gasteiger partial charge < -0.3 is 9.47 Å². The third-order valence-corrected chi connectivity index (χ3v) is 4.87. The summed E-state index contributed by atoms with van der Waals surface area (Å²) in [5.74, 6) is 0.408. The minimum absolute atomic E-state index is 0.0265. The molecule has 0 fully saturated rings. The maximum atomic E-state index is 12.7. The first-order valence-electron chi connectivity index (χ1n) is 6.09. The van der Waals surface area contributed by atoms with Crippen LogP contribution in [0.4, 0.5) is 5.95 Å². The van der Waals surface area contributed by atoms with Crippen LogP contribution in [0.25, 0.3) is 0 Å². The van der Waals surface area contributed by atoms with E-state index in [9.17, 15) is 8.42 Å². The summed E-state index contributed by atoms with van der Waals surface area (Å²) in [6.45, 7) is 0. The SMILES string of the molecule is COc1ccnc(N(C)S(=O)(=O)c2cc(Cl)ccc2OC)n1. The number of anilines is 1. The molecule has 0 saturated carbocycles. The van der Waals surface area contributed by atoms with Crippen molar-refractivity contribution in [2.24, 2.45) is 0 Å². The van der Waals surface area contributed by atoms with Gasteiger partial charge in [0.15, 0.2) is 0 Å². The van der Waals surface area contributed by atoms with Crippen molar-refractivity contribution >= 4 is 27.6 Å². The molecule has 0 unspecified atom stereocenters. The van der Waals surface area contributed by atoms with E-state index >= 15 is 0 Å². The number of nitrogens with zero attached hydrogens (tertiary/aromatic N) is 3. The summed E-state index contributed by atoms with van der Waals surface area (Å²) < 4.78 is 36.5. The summed E-state index contributed by atoms with van der Waals surface area (Å²) in [4.78, 5) is 7.87. The molecule has 7 nitrogen and oxygen atoms in total. The monoisotopic (exact) mass is 343 g/mol. The Hall–Kier alpha value is -2.06. The molecule has 0 N–H and O–H groups in total. The molecule has 0 aliphatic carbocycles. The molecular formula is C13H14ClN3O4S. The molecule has 0 spiro atoms. The molecule has 0 radical (unpaired) electrons. The molecule has 2 rings (SSSR count). The summed E-state index contributed by atoms with van der Waals surface area (Å²) in [5.41, 5.74) is 0. The Bertz CT molecular complexity index is 783. The van der Waals surface area contributed by atoms with E-state index in [4.69, 9.17) is 21.1 Å². The van der Waals surface area contributed by atoms with Crippen LogP contribution in [0.2, 0.25) is 5.02 Å². The number of hydrogen-bond acceptors (Lipinski definition) is 6. The minimum Gasteiger partial charge on any atom is -0.495 e. The molecule has 0 aliphatic rings. The van der Waals surface area contributed by atoms with Gasteiger partial charge in [-0.3, -0.25) is 0 Å². The average molecular weight is 344 g/mol. The maximum Gasteiger partial charge on any atom is 0.270 e. The van der Waals surface area contributed by atoms with Gasteiger partial charge in [-0.15, -0.1) is 0 Å². The van der Waals surface area contributed by atoms with E-state index < -0.39 is 10.0 Å². The van der Waals surface area contributed by atoms with Crippen molar-refractivity contribution in [3.05, 3.63) is 35.5 Å². The van der Waals surface area contributed by atoms with Crippen LogP contribution in [0.1, 0.15) is 0 Å². The van der Waals surface area contributed by atoms with E-state index in [0.717, 1.165) is 4.31 Å². The number of hydrogen-bond donors (Lipinski definition) is 0. The molecule has 0 atom stereocenters. The summed E-state index contributed by atoms with van der Waals surface area (Å²) in [7, 11) is 0.209. The molecule has 0 amide bonds. The smallest absolute Gasteiger partial charge is 0.270 e. The molecule has 9 heteroatoms. The lowest BCUT2D eigenvalue weighted by Crippen LogP contribution is -2.28. The van der Waals surface area contributed by atoms with Gasteiger partial charge in [-0.05, 0) is 18.2 Å². The zero-order valence-electron chi connectivity index (χ0n) is 12.1. The first-order chi connectivity index (χ1) is 10.4. The number of methoxy groups -OCH3 is 2. The van der Waals surface area contributed by atoms with Crippen molar-refractivity contribution in [1.82, 2.24) is 9.97 Å². The third-order valence-electron chi connectivity index (χ3n) is 2.87. The molecule has 22 heavy (non-hydrogen) atoms. The number of halogens is 1. The van der Waals surface area contributed by atoms with E-state index in [0.29, 0.717) is 0 Å². The van der Waals surface area contributed by atoms with Crippen molar-refractivity contribution in [3.8, 4) is 11.6 Å². The van der Waals surface area contributed by atoms with Gasteiger partial charge in [-0.1, -0.05) is 11.6 Å². The van der Waals surface area contributed by atoms with Crippen LogP contribution in [0.15, 0.2) is 35.4 Å². The lowest BCUT2D eigenvalue weighted by atomic mass is 10.3. The summed E-state index contributed by atoms with van der Waals surface area (Å²) in [6, 6.07) is 5.85. The maximum absolute atomic E-state index is 12.7. The van der Waals surface area contributed by atoms with Crippen molar-refractivity contribution < 1.29 is 17.9 Å². The molecular weight excluding hydrogens is 330 g/mol. The van der Waals surface area contributed by atoms with Crippen LogP contribution < -0.4 is 13.8 Å². The fourth-order valence-corrected chi connectivity index (χ4v) is 3.22. The van der Waals surface area contributed by atoms with Crippen LogP contribution in [-0.2, 0) is 10.0 Å². The van der Waals surface area contributed by atoms with Gasteiger partial charge in [-0.25, -0.2) is 17.7 Å². The van der Waals surface area contributed by atoms with Crippen LogP contribution in [-0.4, -0.2) is 39.7 Å². The summed E-state index contributed by atoms with van der Waals surface area (Å²) in [6.07, 6.45) is 1.41. The molecule has 118 valence electrons. The van der Waals surface area contributed by atoms with E-state index in [1.54, 1.807) is 6.07 Å². The van der Waals surface area contributed by atoms with Gasteiger partial charge in [0.1, 0.15) is 10.6 Å². The largest absolute Gasteiger partial charge is 0.495 e. The van der Waals surface area contributed by atoms with Gasteiger partial charge in [0.2, 0.25) is 11.8 Å². The fraction of sp³-hybridized carbons (Fsp3) is 0.231. The van der Waals surface area contributed by atoms with E-state index in [2.05, 4.69) is 9.97 Å². The second-order valence-electron chi connectivity index (χ2n) is 4.17. The van der Waals surface area contributed by atoms with Crippen molar-refractivity contribution in [2.75, 3.05) is 25.6 Å². The standard InChI is InChI=1S/C13H14ClN3O4S/c1-17(13-15-7-6-12(16-13)21-3)22(18,19)11-8-9(14)4-5-10(11)20-2/h4-8H,1-3H3. The number of sulfonamides is 1. The topological polar surface area (TPSA) is 81.6 Å². The molecule has 2 aromatic rings. The predicted octanol–water partition coefficient (Wildman–Crippen LogP) is 1.97. The number of benzene rings is 1. The predicted molar refractivity (Wildman–Crippen MR) is 82.2 cm³/mol. The van der Waals surface area contributed by atoms with Gasteiger partial charge in [0, 0.05) is 24.3 Å². The van der Waals surface area contributed by atoms with Gasteiger partial charge in [-0.2, -0.15) is 4.98 Å². The minimum atomic E-state index is -3.94. The van der Waals surface area contributed by atoms with Gasteiger partial charge >= 0.3 is 0 Å². The van der Waals surface area contributed by atoms with Crippen LogP contribution in [0.5, 0.6) is 11.6 Å². The highest BCUT2D eigenvalue weighted by Gasteiger charge is 2.27. The van der Waals surface area contributed by atoms with E-state index in [-0.39, 0.29) is 27.5 Å². The molecule has 0 bridgehead atoms. The van der Waals surface area contributed by atoms with Gasteiger partial charge in [0.25, 0.3) is 10.0 Å². The van der Waals surface area contributed by atoms with Gasteiger partial charge in [0.05, 0.1) is 14.2 Å². The first-order valence-corrected chi connectivity index (χ1v) is 7.91. The Kier molecular flexibility index (Phi) is 4.72. The number of ether oxygens (including phenoxy) is 2. The molecule has 1 aromatic heterocycles. The first kappa shape index (κ1) is 16.3. The molecule has 1 heterocycles. The second kappa shape index (κ2) is 6.37. The van der Waals surface area contributed by atoms with E-state index in [1.807, 2.05) is 0 Å². The van der Waals surface area contributed by atoms with Crippen LogP contribution >= 0.6 is 11.6 Å². The zero-order chi connectivity index (χ0) is 16.3. The molecule has 0 aliphatic heterocycles. The Morgan fingerprint density at radius 3 is 2.55 bits per heavy atom. The average Bonchev–Trinajstić information content (AvgIpc) is 2.54. The highest BCUT2D eigenvalue weighted by molar-refractivity contribution is 7.92. The van der Waals surface area contributed by atoms with Crippen LogP contribution in [0, 0.1) is 0 Å². The normalized spacial score (nSPS) is 11.1. The van der Waals surface area contributed by atoms with Crippen molar-refractivity contribution in [3.63, 3.8) is 0 Å². The summed E-state index contributed by atoms with van der Waals surface area (Å²) >= 11 is 5.89. The third kappa shape index (κ3) is 3.07. The summed E-state index contributed by atoms with van der Waals surface area (Å²) in [5, 5.41) is 0.277. The highest BCUT2D eigenvalue weighted by atomic mass is 35.5. The Balaban J connectivity index is 2.52. The zero-order valence-corrected chi connectivity index (χ0v) is 13.7. The quantitative estimate of drug-likeness (QED) is 0.825. The highest BCUT2D eigenvalue weighted by Crippen LogP contribution is 2.30. The van der Waals surface area contributed by atoms with Crippen molar-refractivity contribution in [2.45, 2.75) is 4.90 Å². The van der Waals surface area contributed by atoms with Crippen molar-refractivity contribution in [1.29, 1.82) is 0 Å². The molecule has 1 aromatic carbocycles. The van der Waals surface area contributed by atoms with Crippen LogP contribution in [0.3, 0.4) is 0 Å². The lowest BCUT2D eigenvalue weighted by molar-refractivity contribution is 0.397. The number of rotatable bonds is 5. The Labute approximate surface area is 133 Å². The lowest BCUT2D eigenvalue weighted by Gasteiger charge is -2.19. The Morgan fingerprint density at radius 1 is 1.18 bits per heavy atom.